The normalized spacial score (nSPS) is 12.0. The van der Waals surface area contributed by atoms with Crippen LogP contribution >= 0.6 is 0 Å². The molecule has 1 rings (SSSR count). The lowest BCUT2D eigenvalue weighted by molar-refractivity contribution is -0.130. The average Bonchev–Trinajstić information content (AvgIpc) is 2.50. The fourth-order valence-corrected chi connectivity index (χ4v) is 2.01. The number of nitrogens with zero attached hydrogens (tertiary/aromatic N) is 2. The van der Waals surface area contributed by atoms with Crippen LogP contribution in [-0.4, -0.2) is 44.0 Å². The zero-order chi connectivity index (χ0) is 15.8. The van der Waals surface area contributed by atoms with Crippen LogP contribution in [0.25, 0.3) is 0 Å². The molecule has 1 aromatic carbocycles. The number of carbonyl (C=O) groups excluding carboxylic acids is 1. The fraction of sp³-hybridized carbons (Fsp3) is 0.588. The van der Waals surface area contributed by atoms with Crippen LogP contribution in [0.1, 0.15) is 32.8 Å². The molecule has 0 saturated heterocycles. The Bertz CT molecular complexity index is 428. The van der Waals surface area contributed by atoms with Crippen molar-refractivity contribution in [1.29, 1.82) is 0 Å². The van der Waals surface area contributed by atoms with Crippen LogP contribution < -0.4 is 10.2 Å². The molecule has 4 heteroatoms. The molecule has 0 aliphatic carbocycles. The number of hydrogen-bond donors (Lipinski definition) is 1. The van der Waals surface area contributed by atoms with Gasteiger partial charge in [-0.15, -0.1) is 0 Å². The number of benzene rings is 1. The van der Waals surface area contributed by atoms with Crippen LogP contribution in [-0.2, 0) is 11.3 Å². The maximum Gasteiger partial charge on any atom is 0.236 e. The Morgan fingerprint density at radius 1 is 1.19 bits per heavy atom. The lowest BCUT2D eigenvalue weighted by Gasteiger charge is -2.23. The van der Waals surface area contributed by atoms with Crippen molar-refractivity contribution >= 4 is 11.6 Å². The smallest absolute Gasteiger partial charge is 0.236 e. The summed E-state index contributed by atoms with van der Waals surface area (Å²) in [7, 11) is 4.05. The Hall–Kier alpha value is -1.55. The van der Waals surface area contributed by atoms with Gasteiger partial charge in [0.2, 0.25) is 5.91 Å². The van der Waals surface area contributed by atoms with Gasteiger partial charge in [0.05, 0.1) is 6.54 Å². The van der Waals surface area contributed by atoms with Crippen molar-refractivity contribution in [2.75, 3.05) is 32.1 Å². The summed E-state index contributed by atoms with van der Waals surface area (Å²) in [6.45, 7) is 8.06. The van der Waals surface area contributed by atoms with E-state index in [-0.39, 0.29) is 5.91 Å². The monoisotopic (exact) mass is 291 g/mol. The van der Waals surface area contributed by atoms with Crippen molar-refractivity contribution in [3.63, 3.8) is 0 Å². The van der Waals surface area contributed by atoms with E-state index in [1.165, 1.54) is 11.3 Å². The van der Waals surface area contributed by atoms with E-state index in [1.54, 1.807) is 0 Å². The van der Waals surface area contributed by atoms with Crippen molar-refractivity contribution in [2.24, 2.45) is 0 Å². The third-order valence-corrected chi connectivity index (χ3v) is 3.77. The lowest BCUT2D eigenvalue weighted by atomic mass is 10.2. The maximum absolute atomic E-state index is 12.2. The molecule has 0 aliphatic rings. The average molecular weight is 291 g/mol. The molecule has 21 heavy (non-hydrogen) atoms. The van der Waals surface area contributed by atoms with Gasteiger partial charge in [0.15, 0.2) is 0 Å². The molecule has 1 atom stereocenters. The minimum absolute atomic E-state index is 0.162. The fourth-order valence-electron chi connectivity index (χ4n) is 2.01. The van der Waals surface area contributed by atoms with Crippen molar-refractivity contribution in [3.05, 3.63) is 29.8 Å². The van der Waals surface area contributed by atoms with Gasteiger partial charge in [-0.25, -0.2) is 0 Å². The van der Waals surface area contributed by atoms with Crippen LogP contribution in [0.3, 0.4) is 0 Å². The van der Waals surface area contributed by atoms with E-state index in [4.69, 9.17) is 0 Å². The van der Waals surface area contributed by atoms with Gasteiger partial charge in [-0.05, 0) is 38.0 Å². The van der Waals surface area contributed by atoms with Crippen LogP contribution in [0.5, 0.6) is 0 Å². The molecule has 0 spiro atoms. The molecule has 0 aliphatic heterocycles. The highest BCUT2D eigenvalue weighted by molar-refractivity contribution is 5.78. The summed E-state index contributed by atoms with van der Waals surface area (Å²) in [6.07, 6.45) is 1.03. The molecule has 1 N–H and O–H groups in total. The second-order valence-corrected chi connectivity index (χ2v) is 5.66. The molecule has 0 saturated carbocycles. The first-order valence-electron chi connectivity index (χ1n) is 7.75. The highest BCUT2D eigenvalue weighted by Gasteiger charge is 2.12. The van der Waals surface area contributed by atoms with E-state index < -0.39 is 0 Å². The Morgan fingerprint density at radius 3 is 2.29 bits per heavy atom. The second kappa shape index (κ2) is 8.67. The molecular weight excluding hydrogens is 262 g/mol. The highest BCUT2D eigenvalue weighted by Crippen LogP contribution is 2.13. The van der Waals surface area contributed by atoms with Gasteiger partial charge in [-0.3, -0.25) is 4.79 Å². The van der Waals surface area contributed by atoms with Crippen molar-refractivity contribution in [2.45, 2.75) is 39.8 Å². The molecule has 0 bridgehead atoms. The first-order valence-corrected chi connectivity index (χ1v) is 7.75. The van der Waals surface area contributed by atoms with Crippen LogP contribution in [0.4, 0.5) is 5.69 Å². The summed E-state index contributed by atoms with van der Waals surface area (Å²) in [5.41, 5.74) is 2.34. The van der Waals surface area contributed by atoms with Crippen LogP contribution in [0, 0.1) is 0 Å². The van der Waals surface area contributed by atoms with Crippen LogP contribution in [0.15, 0.2) is 24.3 Å². The standard InChI is InChI=1S/C17H29N3O/c1-6-14(3)18-12-17(21)20(7-2)13-15-8-10-16(11-9-15)19(4)5/h8-11,14,18H,6-7,12-13H2,1-5H3. The molecule has 1 aromatic rings. The van der Waals surface area contributed by atoms with Crippen molar-refractivity contribution < 1.29 is 4.79 Å². The summed E-state index contributed by atoms with van der Waals surface area (Å²) in [4.78, 5) is 16.2. The number of nitrogens with one attached hydrogen (secondary N) is 1. The van der Waals surface area contributed by atoms with E-state index in [9.17, 15) is 4.79 Å². The van der Waals surface area contributed by atoms with Gasteiger partial charge in [0.1, 0.15) is 0 Å². The number of likely N-dealkylation sites (N-methyl/N-ethyl adjacent to an activating group) is 1. The predicted molar refractivity (Wildman–Crippen MR) is 89.6 cm³/mol. The Morgan fingerprint density at radius 2 is 1.81 bits per heavy atom. The number of rotatable bonds is 8. The quantitative estimate of drug-likeness (QED) is 0.799. The molecule has 0 heterocycles. The predicted octanol–water partition coefficient (Wildman–Crippen LogP) is 2.49. The van der Waals surface area contributed by atoms with E-state index in [0.717, 1.165) is 13.0 Å². The van der Waals surface area contributed by atoms with Crippen molar-refractivity contribution in [1.82, 2.24) is 10.2 Å². The molecule has 0 fully saturated rings. The van der Waals surface area contributed by atoms with Crippen molar-refractivity contribution in [3.8, 4) is 0 Å². The first kappa shape index (κ1) is 17.5. The number of carbonyl (C=O) groups is 1. The number of hydrogen-bond acceptors (Lipinski definition) is 3. The highest BCUT2D eigenvalue weighted by atomic mass is 16.2. The van der Waals surface area contributed by atoms with E-state index in [2.05, 4.69) is 48.3 Å². The number of amides is 1. The third-order valence-electron chi connectivity index (χ3n) is 3.77. The summed E-state index contributed by atoms with van der Waals surface area (Å²) in [5.74, 6) is 0.162. The van der Waals surface area contributed by atoms with Gasteiger partial charge in [-0.1, -0.05) is 19.1 Å². The molecular formula is C17H29N3O. The Kier molecular flexibility index (Phi) is 7.23. The minimum Gasteiger partial charge on any atom is -0.378 e. The lowest BCUT2D eigenvalue weighted by Crippen LogP contribution is -2.40. The van der Waals surface area contributed by atoms with Gasteiger partial charge in [0, 0.05) is 38.9 Å². The van der Waals surface area contributed by atoms with Gasteiger partial charge in [-0.2, -0.15) is 0 Å². The molecule has 1 amide bonds. The Labute approximate surface area is 129 Å². The SMILES string of the molecule is CCC(C)NCC(=O)N(CC)Cc1ccc(N(C)C)cc1. The van der Waals surface area contributed by atoms with E-state index >= 15 is 0 Å². The Balaban J connectivity index is 2.58. The zero-order valence-electron chi connectivity index (χ0n) is 14.0. The minimum atomic E-state index is 0.162. The van der Waals surface area contributed by atoms with Crippen LogP contribution in [0.2, 0.25) is 0 Å². The van der Waals surface area contributed by atoms with Gasteiger partial charge in [0.25, 0.3) is 0 Å². The van der Waals surface area contributed by atoms with Gasteiger partial charge < -0.3 is 15.1 Å². The number of anilines is 1. The summed E-state index contributed by atoms with van der Waals surface area (Å²) >= 11 is 0. The molecule has 4 nitrogen and oxygen atoms in total. The van der Waals surface area contributed by atoms with E-state index in [0.29, 0.717) is 19.1 Å². The largest absolute Gasteiger partial charge is 0.378 e. The third kappa shape index (κ3) is 5.76. The summed E-state index contributed by atoms with van der Waals surface area (Å²) in [5, 5.41) is 3.26. The summed E-state index contributed by atoms with van der Waals surface area (Å²) < 4.78 is 0. The second-order valence-electron chi connectivity index (χ2n) is 5.66. The van der Waals surface area contributed by atoms with E-state index in [1.807, 2.05) is 25.9 Å². The zero-order valence-corrected chi connectivity index (χ0v) is 14.0. The molecule has 0 radical (unpaired) electrons. The van der Waals surface area contributed by atoms with Gasteiger partial charge >= 0.3 is 0 Å². The summed E-state index contributed by atoms with van der Waals surface area (Å²) in [6, 6.07) is 8.74. The maximum atomic E-state index is 12.2. The molecule has 0 aromatic heterocycles. The topological polar surface area (TPSA) is 35.6 Å². The molecule has 1 unspecified atom stereocenters. The first-order chi connectivity index (χ1) is 9.97. The molecule has 118 valence electrons.